The molecule has 4 rings (SSSR count). The molecule has 7 nitrogen and oxygen atoms in total. The number of rotatable bonds is 6. The van der Waals surface area contributed by atoms with Crippen molar-refractivity contribution < 1.29 is 9.84 Å². The van der Waals surface area contributed by atoms with Crippen LogP contribution in [0.1, 0.15) is 11.5 Å². The monoisotopic (exact) mass is 439 g/mol. The number of H-pyrrole nitrogens is 1. The van der Waals surface area contributed by atoms with Crippen LogP contribution in [0.2, 0.25) is 0 Å². The first-order chi connectivity index (χ1) is 13.7. The number of aromatic nitrogens is 5. The van der Waals surface area contributed by atoms with Crippen molar-refractivity contribution in [3.05, 3.63) is 70.6 Å². The standard InChI is InChI=1S/C20H18BrN5O2/c1-28-19-12-13(21)2-9-17(19)18-10-5-15(6-11-20-22-24-25-23-20)26(18)14-3-7-16(27)8-4-14/h2-5,7-10,12,27H,6,11H2,1H3,(H,22,23,24,25). The SMILES string of the molecule is COc1cc(Br)ccc1-c1ccc(CCc2nn[nH]n2)n1-c1ccc(O)cc1. The molecule has 0 bridgehead atoms. The van der Waals surface area contributed by atoms with E-state index in [-0.39, 0.29) is 5.75 Å². The van der Waals surface area contributed by atoms with E-state index in [4.69, 9.17) is 4.74 Å². The number of hydrogen-bond donors (Lipinski definition) is 2. The van der Waals surface area contributed by atoms with Gasteiger partial charge in [0.05, 0.1) is 12.8 Å². The van der Waals surface area contributed by atoms with Gasteiger partial charge < -0.3 is 14.4 Å². The largest absolute Gasteiger partial charge is 0.508 e. The van der Waals surface area contributed by atoms with Crippen LogP contribution in [0.15, 0.2) is 59.1 Å². The molecule has 0 radical (unpaired) electrons. The number of phenols is 1. The lowest BCUT2D eigenvalue weighted by Crippen LogP contribution is -2.05. The summed E-state index contributed by atoms with van der Waals surface area (Å²) in [5, 5.41) is 23.9. The molecular formula is C20H18BrN5O2. The molecular weight excluding hydrogens is 422 g/mol. The normalized spacial score (nSPS) is 10.9. The smallest absolute Gasteiger partial charge is 0.174 e. The summed E-state index contributed by atoms with van der Waals surface area (Å²) >= 11 is 3.50. The fourth-order valence-electron chi connectivity index (χ4n) is 3.20. The Morgan fingerprint density at radius 3 is 2.61 bits per heavy atom. The highest BCUT2D eigenvalue weighted by Gasteiger charge is 2.16. The molecule has 0 atom stereocenters. The van der Waals surface area contributed by atoms with Crippen LogP contribution in [0, 0.1) is 0 Å². The van der Waals surface area contributed by atoms with Crippen LogP contribution < -0.4 is 4.74 Å². The van der Waals surface area contributed by atoms with Crippen LogP contribution in [0.3, 0.4) is 0 Å². The first-order valence-electron chi connectivity index (χ1n) is 8.72. The molecule has 0 saturated heterocycles. The number of tetrazole rings is 1. The minimum Gasteiger partial charge on any atom is -0.508 e. The lowest BCUT2D eigenvalue weighted by molar-refractivity contribution is 0.416. The maximum Gasteiger partial charge on any atom is 0.174 e. The Morgan fingerprint density at radius 1 is 1.07 bits per heavy atom. The van der Waals surface area contributed by atoms with Gasteiger partial charge in [0.25, 0.3) is 0 Å². The molecule has 0 aliphatic rings. The van der Waals surface area contributed by atoms with Crippen molar-refractivity contribution in [1.82, 2.24) is 25.2 Å². The van der Waals surface area contributed by atoms with Gasteiger partial charge in [-0.1, -0.05) is 21.1 Å². The molecule has 4 aromatic rings. The number of ether oxygens (including phenoxy) is 1. The molecule has 0 amide bonds. The Morgan fingerprint density at radius 2 is 1.89 bits per heavy atom. The van der Waals surface area contributed by atoms with Gasteiger partial charge in [0.15, 0.2) is 5.82 Å². The first kappa shape index (κ1) is 18.2. The van der Waals surface area contributed by atoms with Crippen molar-refractivity contribution in [3.8, 4) is 28.4 Å². The van der Waals surface area contributed by atoms with Crippen molar-refractivity contribution >= 4 is 15.9 Å². The zero-order chi connectivity index (χ0) is 19.5. The van der Waals surface area contributed by atoms with E-state index in [1.165, 1.54) is 0 Å². The molecule has 2 aromatic carbocycles. The molecule has 142 valence electrons. The van der Waals surface area contributed by atoms with Gasteiger partial charge in [0, 0.05) is 27.8 Å². The van der Waals surface area contributed by atoms with Crippen LogP contribution in [0.5, 0.6) is 11.5 Å². The summed E-state index contributed by atoms with van der Waals surface area (Å²) in [6, 6.07) is 17.3. The molecule has 0 aliphatic carbocycles. The summed E-state index contributed by atoms with van der Waals surface area (Å²) in [6.45, 7) is 0. The number of aromatic hydroxyl groups is 1. The minimum atomic E-state index is 0.229. The third kappa shape index (κ3) is 3.63. The van der Waals surface area contributed by atoms with E-state index in [9.17, 15) is 5.11 Å². The summed E-state index contributed by atoms with van der Waals surface area (Å²) in [5.41, 5.74) is 4.02. The summed E-state index contributed by atoms with van der Waals surface area (Å²) < 4.78 is 8.71. The maximum absolute atomic E-state index is 9.69. The van der Waals surface area contributed by atoms with Gasteiger partial charge in [0.1, 0.15) is 11.5 Å². The van der Waals surface area contributed by atoms with Crippen LogP contribution in [0.4, 0.5) is 0 Å². The Bertz CT molecular complexity index is 1070. The van der Waals surface area contributed by atoms with Crippen molar-refractivity contribution in [3.63, 3.8) is 0 Å². The number of nitrogens with zero attached hydrogens (tertiary/aromatic N) is 4. The van der Waals surface area contributed by atoms with Gasteiger partial charge in [-0.2, -0.15) is 5.21 Å². The van der Waals surface area contributed by atoms with E-state index in [0.717, 1.165) is 39.3 Å². The summed E-state index contributed by atoms with van der Waals surface area (Å²) in [7, 11) is 1.66. The Labute approximate surface area is 170 Å². The fraction of sp³-hybridized carbons (Fsp3) is 0.150. The second-order valence-electron chi connectivity index (χ2n) is 6.23. The highest BCUT2D eigenvalue weighted by Crippen LogP contribution is 2.35. The number of aromatic amines is 1. The molecule has 0 aliphatic heterocycles. The third-order valence-corrected chi connectivity index (χ3v) is 5.00. The lowest BCUT2D eigenvalue weighted by Gasteiger charge is -2.16. The van der Waals surface area contributed by atoms with E-state index in [0.29, 0.717) is 12.2 Å². The topological polar surface area (TPSA) is 88.9 Å². The van der Waals surface area contributed by atoms with Crippen molar-refractivity contribution in [2.24, 2.45) is 0 Å². The predicted octanol–water partition coefficient (Wildman–Crippen LogP) is 3.92. The highest BCUT2D eigenvalue weighted by atomic mass is 79.9. The highest BCUT2D eigenvalue weighted by molar-refractivity contribution is 9.10. The number of nitrogens with one attached hydrogen (secondary N) is 1. The van der Waals surface area contributed by atoms with Gasteiger partial charge in [-0.15, -0.1) is 10.2 Å². The van der Waals surface area contributed by atoms with E-state index < -0.39 is 0 Å². The number of halogens is 1. The quantitative estimate of drug-likeness (QED) is 0.475. The van der Waals surface area contributed by atoms with Gasteiger partial charge in [0.2, 0.25) is 0 Å². The average molecular weight is 440 g/mol. The molecule has 2 heterocycles. The van der Waals surface area contributed by atoms with Gasteiger partial charge in [-0.05, 0) is 61.0 Å². The summed E-state index contributed by atoms with van der Waals surface area (Å²) in [6.07, 6.45) is 1.40. The summed E-state index contributed by atoms with van der Waals surface area (Å²) in [5.74, 6) is 1.67. The number of phenolic OH excluding ortho intramolecular Hbond substituents is 1. The molecule has 0 saturated carbocycles. The Kier molecular flexibility index (Phi) is 5.12. The minimum absolute atomic E-state index is 0.229. The predicted molar refractivity (Wildman–Crippen MR) is 109 cm³/mol. The van der Waals surface area contributed by atoms with E-state index >= 15 is 0 Å². The number of aryl methyl sites for hydroxylation is 2. The molecule has 2 N–H and O–H groups in total. The van der Waals surface area contributed by atoms with Crippen LogP contribution >= 0.6 is 15.9 Å². The van der Waals surface area contributed by atoms with Crippen molar-refractivity contribution in [1.29, 1.82) is 0 Å². The van der Waals surface area contributed by atoms with E-state index in [2.05, 4.69) is 53.3 Å². The van der Waals surface area contributed by atoms with Crippen LogP contribution in [-0.2, 0) is 12.8 Å². The number of benzene rings is 2. The molecule has 28 heavy (non-hydrogen) atoms. The van der Waals surface area contributed by atoms with E-state index in [1.54, 1.807) is 19.2 Å². The molecule has 8 heteroatoms. The molecule has 0 fully saturated rings. The van der Waals surface area contributed by atoms with Gasteiger partial charge >= 0.3 is 0 Å². The third-order valence-electron chi connectivity index (χ3n) is 4.50. The first-order valence-corrected chi connectivity index (χ1v) is 9.51. The Balaban J connectivity index is 1.81. The van der Waals surface area contributed by atoms with Crippen molar-refractivity contribution in [2.75, 3.05) is 7.11 Å². The van der Waals surface area contributed by atoms with Crippen LogP contribution in [0.25, 0.3) is 16.9 Å². The molecule has 0 unspecified atom stereocenters. The average Bonchev–Trinajstić information content (AvgIpc) is 3.36. The van der Waals surface area contributed by atoms with Gasteiger partial charge in [-0.25, -0.2) is 0 Å². The second kappa shape index (κ2) is 7.85. The fourth-order valence-corrected chi connectivity index (χ4v) is 3.54. The zero-order valence-corrected chi connectivity index (χ0v) is 16.7. The number of methoxy groups -OCH3 is 1. The summed E-state index contributed by atoms with van der Waals surface area (Å²) in [4.78, 5) is 0. The zero-order valence-electron chi connectivity index (χ0n) is 15.1. The Hall–Kier alpha value is -3.13. The second-order valence-corrected chi connectivity index (χ2v) is 7.15. The molecule has 2 aromatic heterocycles. The lowest BCUT2D eigenvalue weighted by atomic mass is 10.1. The number of hydrogen-bond acceptors (Lipinski definition) is 5. The van der Waals surface area contributed by atoms with E-state index in [1.807, 2.05) is 30.3 Å². The maximum atomic E-state index is 9.69. The van der Waals surface area contributed by atoms with Crippen molar-refractivity contribution in [2.45, 2.75) is 12.8 Å². The molecule has 0 spiro atoms. The van der Waals surface area contributed by atoms with Gasteiger partial charge in [-0.3, -0.25) is 0 Å². The van der Waals surface area contributed by atoms with Crippen LogP contribution in [-0.4, -0.2) is 37.4 Å².